The quantitative estimate of drug-likeness (QED) is 0.631. The van der Waals surface area contributed by atoms with Crippen LogP contribution in [-0.2, 0) is 4.79 Å². The van der Waals surface area contributed by atoms with E-state index in [1.54, 1.807) is 18.2 Å². The van der Waals surface area contributed by atoms with Crippen LogP contribution < -0.4 is 5.56 Å². The zero-order valence-electron chi connectivity index (χ0n) is 9.01. The van der Waals surface area contributed by atoms with Crippen molar-refractivity contribution in [2.24, 2.45) is 0 Å². The molecule has 0 amide bonds. The Labute approximate surface area is 103 Å². The number of carbonyl (C=O) groups is 1. The number of aromatic nitrogens is 2. The molecule has 0 radical (unpaired) electrons. The molecule has 0 aliphatic carbocycles. The Balaban J connectivity index is 2.51. The summed E-state index contributed by atoms with van der Waals surface area (Å²) in [5.41, 5.74) is 0.412. The number of hydrogen-bond donors (Lipinski definition) is 1. The van der Waals surface area contributed by atoms with E-state index >= 15 is 0 Å². The van der Waals surface area contributed by atoms with Crippen LogP contribution in [0.15, 0.2) is 35.1 Å². The van der Waals surface area contributed by atoms with Crippen LogP contribution in [-0.4, -0.2) is 34.8 Å². The standard InChI is InChI=1S/C11H7N2O2.CH2.Al/c14-7-3-6-10-12-9-5-2-1-4-8(9)11(15)13-10;;/h1-6H,(H,12,13,15);1H2;/b6-3+;;. The molecule has 0 aliphatic heterocycles. The second kappa shape index (κ2) is 5.00. The third kappa shape index (κ3) is 2.65. The molecule has 17 heavy (non-hydrogen) atoms. The maximum absolute atomic E-state index is 11.7. The van der Waals surface area contributed by atoms with Crippen molar-refractivity contribution >= 4 is 41.8 Å². The van der Waals surface area contributed by atoms with Crippen LogP contribution in [0.25, 0.3) is 17.0 Å². The zero-order valence-corrected chi connectivity index (χ0v) is 10.2. The molecule has 2 rings (SSSR count). The molecule has 0 fully saturated rings. The summed E-state index contributed by atoms with van der Waals surface area (Å²) < 4.78 is -0.0270. The van der Waals surface area contributed by atoms with Gasteiger partial charge in [-0.25, -0.2) is 0 Å². The molecule has 1 N–H and O–H groups in total. The van der Waals surface area contributed by atoms with E-state index in [1.807, 2.05) is 6.07 Å². The molecule has 2 aromatic rings. The van der Waals surface area contributed by atoms with E-state index in [2.05, 4.69) is 15.4 Å². The first-order chi connectivity index (χ1) is 8.20. The van der Waals surface area contributed by atoms with Gasteiger partial charge >= 0.3 is 103 Å². The predicted octanol–water partition coefficient (Wildman–Crippen LogP) is 0.599. The Hall–Kier alpha value is -1.83. The fourth-order valence-electron chi connectivity index (χ4n) is 1.41. The molecule has 0 spiro atoms. The van der Waals surface area contributed by atoms with Crippen molar-refractivity contribution in [1.29, 1.82) is 0 Å². The van der Waals surface area contributed by atoms with Gasteiger partial charge in [0.05, 0.1) is 0 Å². The van der Waals surface area contributed by atoms with Gasteiger partial charge in [-0.2, -0.15) is 0 Å². The van der Waals surface area contributed by atoms with Gasteiger partial charge in [0.25, 0.3) is 0 Å². The summed E-state index contributed by atoms with van der Waals surface area (Å²) in [4.78, 5) is 29.6. The number of benzene rings is 1. The van der Waals surface area contributed by atoms with Crippen molar-refractivity contribution in [3.8, 4) is 0 Å². The van der Waals surface area contributed by atoms with Crippen molar-refractivity contribution in [3.05, 3.63) is 46.5 Å². The number of fused-ring (bicyclic) bond motifs is 1. The number of aromatic amines is 1. The van der Waals surface area contributed by atoms with Gasteiger partial charge in [0.1, 0.15) is 0 Å². The predicted molar refractivity (Wildman–Crippen MR) is 69.3 cm³/mol. The fraction of sp³-hybridized carbons (Fsp3) is 0. The normalized spacial score (nSPS) is 10.6. The van der Waals surface area contributed by atoms with Crippen LogP contribution in [0.3, 0.4) is 0 Å². The van der Waals surface area contributed by atoms with Gasteiger partial charge in [-0.3, -0.25) is 0 Å². The average Bonchev–Trinajstić information content (AvgIpc) is 2.36. The van der Waals surface area contributed by atoms with Crippen molar-refractivity contribution in [3.63, 3.8) is 0 Å². The molecule has 0 bridgehead atoms. The number of carbonyl (C=O) groups excluding carboxylic acids is 1. The minimum absolute atomic E-state index is 0.0270. The van der Waals surface area contributed by atoms with E-state index in [1.165, 1.54) is 12.2 Å². The molecule has 5 heteroatoms. The SMILES string of the molecule is [CH2]=[Al][C](=O)/C=C/c1nc2ccccc2c(=O)[nH]1. The molecule has 0 saturated heterocycles. The number of nitrogens with zero attached hydrogens (tertiary/aromatic N) is 1. The number of H-pyrrole nitrogens is 1. The number of para-hydroxylation sites is 1. The molecule has 4 nitrogen and oxygen atoms in total. The number of allylic oxidation sites excluding steroid dienone is 1. The van der Waals surface area contributed by atoms with E-state index < -0.39 is 14.8 Å². The van der Waals surface area contributed by atoms with E-state index in [4.69, 9.17) is 0 Å². The summed E-state index contributed by atoms with van der Waals surface area (Å²) in [5, 5.41) is 4.10. The number of rotatable bonds is 3. The molecule has 0 atom stereocenters. The molecular formula is C12H9AlN2O2. The summed E-state index contributed by atoms with van der Waals surface area (Å²) in [7, 11) is 0. The van der Waals surface area contributed by atoms with E-state index in [9.17, 15) is 9.59 Å². The van der Waals surface area contributed by atoms with E-state index in [-0.39, 0.29) is 10.2 Å². The first-order valence-corrected chi connectivity index (χ1v) is 6.43. The first kappa shape index (κ1) is 11.7. The van der Waals surface area contributed by atoms with Crippen LogP contribution in [0.5, 0.6) is 0 Å². The van der Waals surface area contributed by atoms with Crippen LogP contribution in [0.4, 0.5) is 0 Å². The van der Waals surface area contributed by atoms with Crippen LogP contribution in [0.1, 0.15) is 5.82 Å². The molecule has 0 aliphatic rings. The maximum atomic E-state index is 11.7. The topological polar surface area (TPSA) is 62.8 Å². The van der Waals surface area contributed by atoms with Crippen molar-refractivity contribution in [2.45, 2.75) is 0 Å². The van der Waals surface area contributed by atoms with Gasteiger partial charge in [0.15, 0.2) is 0 Å². The van der Waals surface area contributed by atoms with E-state index in [0.29, 0.717) is 16.7 Å². The van der Waals surface area contributed by atoms with Gasteiger partial charge in [-0.15, -0.1) is 0 Å². The van der Waals surface area contributed by atoms with Gasteiger partial charge in [0.2, 0.25) is 0 Å². The Kier molecular flexibility index (Phi) is 3.43. The first-order valence-electron chi connectivity index (χ1n) is 5.04. The van der Waals surface area contributed by atoms with Crippen molar-refractivity contribution < 1.29 is 4.79 Å². The van der Waals surface area contributed by atoms with Crippen molar-refractivity contribution in [2.75, 3.05) is 0 Å². The summed E-state index contributed by atoms with van der Waals surface area (Å²) in [6.07, 6.45) is 2.91. The summed E-state index contributed by atoms with van der Waals surface area (Å²) in [6.45, 7) is 0. The second-order valence-electron chi connectivity index (χ2n) is 3.41. The Morgan fingerprint density at radius 3 is 2.94 bits per heavy atom. The molecule has 0 saturated carbocycles. The average molecular weight is 240 g/mol. The third-order valence-electron chi connectivity index (χ3n) is 2.24. The second-order valence-corrected chi connectivity index (χ2v) is 4.39. The molecule has 1 aromatic heterocycles. The van der Waals surface area contributed by atoms with Gasteiger partial charge in [-0.1, -0.05) is 0 Å². The molecule has 0 unspecified atom stereocenters. The summed E-state index contributed by atoms with van der Waals surface area (Å²) in [6, 6.07) is 7.06. The number of hydrogen-bond acceptors (Lipinski definition) is 3. The molecular weight excluding hydrogens is 231 g/mol. The molecule has 82 valence electrons. The fourth-order valence-corrected chi connectivity index (χ4v) is 1.64. The molecule has 1 heterocycles. The van der Waals surface area contributed by atoms with E-state index in [0.717, 1.165) is 0 Å². The molecule has 1 aromatic carbocycles. The zero-order chi connectivity index (χ0) is 12.3. The van der Waals surface area contributed by atoms with Gasteiger partial charge in [-0.05, 0) is 0 Å². The van der Waals surface area contributed by atoms with Crippen LogP contribution in [0, 0.1) is 0 Å². The van der Waals surface area contributed by atoms with Crippen LogP contribution in [0.2, 0.25) is 0 Å². The Bertz CT molecular complexity index is 674. The Morgan fingerprint density at radius 2 is 2.18 bits per heavy atom. The van der Waals surface area contributed by atoms with Gasteiger partial charge < -0.3 is 0 Å². The van der Waals surface area contributed by atoms with Crippen molar-refractivity contribution in [1.82, 2.24) is 9.97 Å². The third-order valence-corrected chi connectivity index (χ3v) is 2.83. The summed E-state index contributed by atoms with van der Waals surface area (Å²) >= 11 is -0.479. The number of nitrogens with one attached hydrogen (secondary N) is 1. The van der Waals surface area contributed by atoms with Crippen LogP contribution >= 0.6 is 0 Å². The van der Waals surface area contributed by atoms with Gasteiger partial charge in [0, 0.05) is 0 Å². The Morgan fingerprint density at radius 1 is 1.41 bits per heavy atom. The minimum atomic E-state index is -0.479. The monoisotopic (exact) mass is 240 g/mol. The summed E-state index contributed by atoms with van der Waals surface area (Å²) in [5.74, 6) is 0.384.